The smallest absolute Gasteiger partial charge is 0.303 e. The molecule has 1 aromatic heterocycles. The van der Waals surface area contributed by atoms with E-state index in [1.807, 2.05) is 24.3 Å². The van der Waals surface area contributed by atoms with E-state index in [-0.39, 0.29) is 43.3 Å². The summed E-state index contributed by atoms with van der Waals surface area (Å²) in [5.41, 5.74) is 3.75. The van der Waals surface area contributed by atoms with Crippen molar-refractivity contribution in [3.63, 3.8) is 0 Å². The maximum absolute atomic E-state index is 12.0. The Kier molecular flexibility index (Phi) is 9.44. The van der Waals surface area contributed by atoms with Crippen molar-refractivity contribution < 1.29 is 34.4 Å². The number of carbonyl (C=O) groups excluding carboxylic acids is 1. The Morgan fingerprint density at radius 3 is 2.36 bits per heavy atom. The number of phenols is 1. The van der Waals surface area contributed by atoms with Crippen molar-refractivity contribution >= 4 is 29.3 Å². The van der Waals surface area contributed by atoms with Gasteiger partial charge in [-0.2, -0.15) is 4.68 Å². The molecule has 0 aliphatic carbocycles. The number of phenolic OH excluding ortho intramolecular Hbond substituents is 1. The summed E-state index contributed by atoms with van der Waals surface area (Å²) < 4.78 is 14.3. The molecular weight excluding hydrogens is 562 g/mol. The molecule has 3 atom stereocenters. The summed E-state index contributed by atoms with van der Waals surface area (Å²) >= 11 is 1.44. The fraction of sp³-hybridized carbons (Fsp3) is 0.276. The molecule has 12 nitrogen and oxygen atoms in total. The highest BCUT2D eigenvalue weighted by Gasteiger charge is 2.32. The zero-order valence-corrected chi connectivity index (χ0v) is 23.2. The predicted octanol–water partition coefficient (Wildman–Crippen LogP) is 4.00. The number of thioether (sulfide) groups is 1. The van der Waals surface area contributed by atoms with Crippen LogP contribution >= 0.6 is 11.8 Å². The van der Waals surface area contributed by atoms with Crippen LogP contribution in [0.5, 0.6) is 5.75 Å². The largest absolute Gasteiger partial charge is 0.508 e. The SMILES string of the molecule is O=C(O)CCC(=O)Nc1ccc([C@H]2O[C@@H](CSc3nnnn3-c3ccc(O)cc3)C[C@@H](c3ccc(CO)cc3)O2)cc1. The van der Waals surface area contributed by atoms with Gasteiger partial charge < -0.3 is 30.1 Å². The highest BCUT2D eigenvalue weighted by molar-refractivity contribution is 7.99. The number of amides is 1. The van der Waals surface area contributed by atoms with Gasteiger partial charge in [0.1, 0.15) is 5.75 Å². The minimum absolute atomic E-state index is 0.0499. The summed E-state index contributed by atoms with van der Waals surface area (Å²) in [6, 6.07) is 21.2. The molecule has 13 heteroatoms. The highest BCUT2D eigenvalue weighted by Crippen LogP contribution is 2.39. The molecule has 0 unspecified atom stereocenters. The van der Waals surface area contributed by atoms with E-state index in [0.717, 1.165) is 16.7 Å². The summed E-state index contributed by atoms with van der Waals surface area (Å²) in [4.78, 5) is 22.8. The van der Waals surface area contributed by atoms with E-state index in [4.69, 9.17) is 14.6 Å². The van der Waals surface area contributed by atoms with Crippen LogP contribution in [0.3, 0.4) is 0 Å². The number of carbonyl (C=O) groups is 2. The first-order valence-electron chi connectivity index (χ1n) is 13.2. The number of nitrogens with zero attached hydrogens (tertiary/aromatic N) is 4. The summed E-state index contributed by atoms with van der Waals surface area (Å²) in [5, 5.41) is 43.2. The van der Waals surface area contributed by atoms with Crippen LogP contribution < -0.4 is 5.32 Å². The number of hydrogen-bond acceptors (Lipinski definition) is 10. The lowest BCUT2D eigenvalue weighted by Crippen LogP contribution is -2.31. The monoisotopic (exact) mass is 591 g/mol. The van der Waals surface area contributed by atoms with E-state index in [2.05, 4.69) is 20.8 Å². The zero-order valence-electron chi connectivity index (χ0n) is 22.4. The molecule has 4 aromatic rings. The Balaban J connectivity index is 1.30. The number of aliphatic hydroxyl groups excluding tert-OH is 1. The number of ether oxygens (including phenoxy) is 2. The van der Waals surface area contributed by atoms with Crippen molar-refractivity contribution in [2.45, 2.75) is 49.5 Å². The molecule has 1 fully saturated rings. The first-order valence-corrected chi connectivity index (χ1v) is 14.2. The van der Waals surface area contributed by atoms with Gasteiger partial charge in [-0.3, -0.25) is 9.59 Å². The van der Waals surface area contributed by atoms with Gasteiger partial charge >= 0.3 is 5.97 Å². The maximum atomic E-state index is 12.0. The Morgan fingerprint density at radius 1 is 0.952 bits per heavy atom. The molecule has 2 heterocycles. The molecule has 0 spiro atoms. The third kappa shape index (κ3) is 7.50. The molecule has 1 saturated heterocycles. The standard InChI is InChI=1S/C29H29N5O7S/c35-16-18-1-3-19(4-2-18)25-15-24(17-42-29-31-32-33-34(29)22-9-11-23(36)12-10-22)40-28(41-25)20-5-7-21(8-6-20)30-26(37)13-14-27(38)39/h1-12,24-25,28,35-36H,13-17H2,(H,30,37)(H,38,39)/t24-,25+,28+/m1/s1. The Morgan fingerprint density at radius 2 is 1.67 bits per heavy atom. The van der Waals surface area contributed by atoms with Crippen molar-refractivity contribution in [2.75, 3.05) is 11.1 Å². The van der Waals surface area contributed by atoms with Crippen molar-refractivity contribution in [3.05, 3.63) is 89.5 Å². The number of aliphatic carboxylic acids is 1. The van der Waals surface area contributed by atoms with E-state index in [9.17, 15) is 19.8 Å². The fourth-order valence-electron chi connectivity index (χ4n) is 4.38. The van der Waals surface area contributed by atoms with Gasteiger partial charge in [-0.05, 0) is 58.0 Å². The molecule has 1 amide bonds. The minimum atomic E-state index is -1.03. The van der Waals surface area contributed by atoms with Gasteiger partial charge in [0.05, 0.1) is 30.9 Å². The average Bonchev–Trinajstić information content (AvgIpc) is 3.48. The van der Waals surface area contributed by atoms with E-state index < -0.39 is 12.3 Å². The summed E-state index contributed by atoms with van der Waals surface area (Å²) in [6.07, 6.45) is -1.01. The van der Waals surface area contributed by atoms with Crippen molar-refractivity contribution in [1.29, 1.82) is 0 Å². The number of aliphatic hydroxyl groups is 1. The van der Waals surface area contributed by atoms with Crippen LogP contribution in [0.15, 0.2) is 78.0 Å². The van der Waals surface area contributed by atoms with Crippen LogP contribution in [0.2, 0.25) is 0 Å². The number of nitrogens with one attached hydrogen (secondary N) is 1. The lowest BCUT2D eigenvalue weighted by molar-refractivity contribution is -0.245. The molecule has 0 radical (unpaired) electrons. The van der Waals surface area contributed by atoms with Gasteiger partial charge in [0, 0.05) is 29.8 Å². The number of hydrogen-bond donors (Lipinski definition) is 4. The van der Waals surface area contributed by atoms with Crippen LogP contribution in [0, 0.1) is 0 Å². The van der Waals surface area contributed by atoms with Crippen LogP contribution in [0.4, 0.5) is 5.69 Å². The fourth-order valence-corrected chi connectivity index (χ4v) is 5.29. The summed E-state index contributed by atoms with van der Waals surface area (Å²) in [7, 11) is 0. The van der Waals surface area contributed by atoms with E-state index in [1.165, 1.54) is 11.8 Å². The molecule has 3 aromatic carbocycles. The number of carboxylic acid groups (broad SMARTS) is 1. The average molecular weight is 592 g/mol. The topological polar surface area (TPSA) is 169 Å². The van der Waals surface area contributed by atoms with E-state index in [0.29, 0.717) is 28.7 Å². The van der Waals surface area contributed by atoms with Gasteiger partial charge in [-0.15, -0.1) is 5.10 Å². The number of anilines is 1. The van der Waals surface area contributed by atoms with Gasteiger partial charge in [0.25, 0.3) is 0 Å². The number of rotatable bonds is 11. The zero-order chi connectivity index (χ0) is 29.5. The second-order valence-corrected chi connectivity index (χ2v) is 10.6. The second kappa shape index (κ2) is 13.6. The summed E-state index contributed by atoms with van der Waals surface area (Å²) in [6.45, 7) is -0.0499. The first kappa shape index (κ1) is 29.2. The number of carboxylic acids is 1. The number of tetrazole rings is 1. The molecule has 1 aliphatic rings. The number of benzene rings is 3. The minimum Gasteiger partial charge on any atom is -0.508 e. The normalized spacial score (nSPS) is 18.5. The van der Waals surface area contributed by atoms with Crippen LogP contribution in [0.1, 0.15) is 48.3 Å². The molecule has 5 rings (SSSR count). The number of aromatic hydroxyl groups is 1. The van der Waals surface area contributed by atoms with Crippen molar-refractivity contribution in [3.8, 4) is 11.4 Å². The molecular formula is C29H29N5O7S. The second-order valence-electron chi connectivity index (χ2n) is 9.61. The van der Waals surface area contributed by atoms with Crippen molar-refractivity contribution in [1.82, 2.24) is 20.2 Å². The van der Waals surface area contributed by atoms with Gasteiger partial charge in [0.15, 0.2) is 6.29 Å². The molecule has 42 heavy (non-hydrogen) atoms. The Labute approximate surface area is 245 Å². The van der Waals surface area contributed by atoms with E-state index in [1.54, 1.807) is 53.2 Å². The van der Waals surface area contributed by atoms with Crippen LogP contribution in [-0.2, 0) is 25.7 Å². The first-order chi connectivity index (χ1) is 20.4. The third-order valence-electron chi connectivity index (χ3n) is 6.58. The van der Waals surface area contributed by atoms with Gasteiger partial charge in [0.2, 0.25) is 11.1 Å². The van der Waals surface area contributed by atoms with Gasteiger partial charge in [-0.25, -0.2) is 0 Å². The summed E-state index contributed by atoms with van der Waals surface area (Å²) in [5.74, 6) is -0.735. The van der Waals surface area contributed by atoms with E-state index >= 15 is 0 Å². The number of aromatic nitrogens is 4. The molecule has 4 N–H and O–H groups in total. The molecule has 0 bridgehead atoms. The predicted molar refractivity (Wildman–Crippen MR) is 152 cm³/mol. The van der Waals surface area contributed by atoms with Crippen molar-refractivity contribution in [2.24, 2.45) is 0 Å². The Hall–Kier alpha value is -4.30. The van der Waals surface area contributed by atoms with Crippen LogP contribution in [0.25, 0.3) is 5.69 Å². The van der Waals surface area contributed by atoms with Gasteiger partial charge in [-0.1, -0.05) is 48.2 Å². The third-order valence-corrected chi connectivity index (χ3v) is 7.63. The quantitative estimate of drug-likeness (QED) is 0.186. The maximum Gasteiger partial charge on any atom is 0.303 e. The molecule has 1 aliphatic heterocycles. The van der Waals surface area contributed by atoms with Crippen LogP contribution in [-0.4, -0.2) is 59.3 Å². The molecule has 0 saturated carbocycles. The molecule has 218 valence electrons. The lowest BCUT2D eigenvalue weighted by Gasteiger charge is -2.36. The lowest BCUT2D eigenvalue weighted by atomic mass is 10.0. The Bertz CT molecular complexity index is 1500. The highest BCUT2D eigenvalue weighted by atomic mass is 32.2.